The Labute approximate surface area is 75.1 Å². The first-order valence-electron chi connectivity index (χ1n) is 3.28. The van der Waals surface area contributed by atoms with Gasteiger partial charge in [-0.2, -0.15) is 2.94 Å². The maximum absolute atomic E-state index is 11.1. The number of rotatable bonds is 2. The zero-order valence-corrected chi connectivity index (χ0v) is 8.48. The van der Waals surface area contributed by atoms with Crippen LogP contribution in [-0.2, 0) is 10.0 Å². The molecular formula is C5H10INO2S. The van der Waals surface area contributed by atoms with E-state index in [4.69, 9.17) is 0 Å². The molecular weight excluding hydrogens is 265 g/mol. The minimum atomic E-state index is -2.96. The van der Waals surface area contributed by atoms with Gasteiger partial charge in [-0.25, -0.2) is 8.42 Å². The molecule has 0 aliphatic heterocycles. The predicted octanol–water partition coefficient (Wildman–Crippen LogP) is 1.20. The van der Waals surface area contributed by atoms with Gasteiger partial charge in [0.05, 0.1) is 5.25 Å². The summed E-state index contributed by atoms with van der Waals surface area (Å²) in [4.78, 5) is 0. The van der Waals surface area contributed by atoms with E-state index in [0.717, 1.165) is 25.7 Å². The number of halogens is 1. The molecule has 1 fully saturated rings. The van der Waals surface area contributed by atoms with Gasteiger partial charge in [-0.1, -0.05) is 12.8 Å². The average molecular weight is 275 g/mol. The van der Waals surface area contributed by atoms with Crippen molar-refractivity contribution >= 4 is 32.9 Å². The van der Waals surface area contributed by atoms with Crippen molar-refractivity contribution in [1.82, 2.24) is 2.94 Å². The third-order valence-electron chi connectivity index (χ3n) is 1.85. The molecule has 0 radical (unpaired) electrons. The number of hydrogen-bond acceptors (Lipinski definition) is 2. The quantitative estimate of drug-likeness (QED) is 0.608. The maximum Gasteiger partial charge on any atom is 0.222 e. The van der Waals surface area contributed by atoms with Crippen LogP contribution in [0.4, 0.5) is 0 Å². The van der Waals surface area contributed by atoms with Crippen molar-refractivity contribution in [3.05, 3.63) is 0 Å². The van der Waals surface area contributed by atoms with Gasteiger partial charge >= 0.3 is 0 Å². The van der Waals surface area contributed by atoms with Crippen molar-refractivity contribution < 1.29 is 8.42 Å². The molecule has 1 rings (SSSR count). The molecule has 0 aromatic rings. The summed E-state index contributed by atoms with van der Waals surface area (Å²) in [5.41, 5.74) is 0. The second-order valence-corrected chi connectivity index (χ2v) is 5.76. The highest BCUT2D eigenvalue weighted by Crippen LogP contribution is 2.24. The molecule has 0 aromatic heterocycles. The van der Waals surface area contributed by atoms with Gasteiger partial charge < -0.3 is 0 Å². The third-order valence-corrected chi connectivity index (χ3v) is 5.25. The molecule has 1 N–H and O–H groups in total. The number of hydrogen-bond donors (Lipinski definition) is 1. The van der Waals surface area contributed by atoms with Crippen molar-refractivity contribution in [2.24, 2.45) is 0 Å². The van der Waals surface area contributed by atoms with E-state index in [-0.39, 0.29) is 5.25 Å². The van der Waals surface area contributed by atoms with E-state index in [2.05, 4.69) is 2.94 Å². The van der Waals surface area contributed by atoms with Crippen LogP contribution in [0.15, 0.2) is 0 Å². The van der Waals surface area contributed by atoms with E-state index in [9.17, 15) is 8.42 Å². The Balaban J connectivity index is 2.63. The zero-order chi connectivity index (χ0) is 7.61. The minimum Gasteiger partial charge on any atom is -0.211 e. The first-order chi connectivity index (χ1) is 4.67. The topological polar surface area (TPSA) is 46.2 Å². The summed E-state index contributed by atoms with van der Waals surface area (Å²) in [6.07, 6.45) is 3.78. The van der Waals surface area contributed by atoms with E-state index >= 15 is 0 Å². The van der Waals surface area contributed by atoms with Crippen LogP contribution in [0.3, 0.4) is 0 Å². The summed E-state index contributed by atoms with van der Waals surface area (Å²) in [7, 11) is -2.96. The molecule has 0 unspecified atom stereocenters. The summed E-state index contributed by atoms with van der Waals surface area (Å²) in [5.74, 6) is 0. The second kappa shape index (κ2) is 3.36. The molecule has 0 aromatic carbocycles. The summed E-state index contributed by atoms with van der Waals surface area (Å²) >= 11 is 1.68. The predicted molar refractivity (Wildman–Crippen MR) is 48.3 cm³/mol. The SMILES string of the molecule is O=S(=O)(NI)C1CCCC1. The number of sulfonamides is 1. The van der Waals surface area contributed by atoms with Crippen LogP contribution >= 0.6 is 22.9 Å². The van der Waals surface area contributed by atoms with E-state index < -0.39 is 10.0 Å². The highest BCUT2D eigenvalue weighted by molar-refractivity contribution is 14.1. The Bertz CT molecular complexity index is 196. The van der Waals surface area contributed by atoms with E-state index in [1.54, 1.807) is 22.9 Å². The van der Waals surface area contributed by atoms with Crippen LogP contribution < -0.4 is 2.94 Å². The number of nitrogens with one attached hydrogen (secondary N) is 1. The van der Waals surface area contributed by atoms with E-state index in [0.29, 0.717) is 0 Å². The lowest BCUT2D eigenvalue weighted by Crippen LogP contribution is -2.25. The molecule has 1 aliphatic carbocycles. The van der Waals surface area contributed by atoms with Gasteiger partial charge in [0.2, 0.25) is 10.0 Å². The fourth-order valence-corrected chi connectivity index (χ4v) is 3.42. The van der Waals surface area contributed by atoms with Gasteiger partial charge in [-0.15, -0.1) is 0 Å². The lowest BCUT2D eigenvalue weighted by molar-refractivity contribution is 0.579. The van der Waals surface area contributed by atoms with Gasteiger partial charge in [0.25, 0.3) is 0 Å². The lowest BCUT2D eigenvalue weighted by atomic mass is 10.4. The monoisotopic (exact) mass is 275 g/mol. The standard InChI is InChI=1S/C5H10INO2S/c6-7-10(8,9)5-3-1-2-4-5/h5,7H,1-4H2. The van der Waals surface area contributed by atoms with Gasteiger partial charge in [-0.05, 0) is 12.8 Å². The van der Waals surface area contributed by atoms with Gasteiger partial charge in [-0.3, -0.25) is 0 Å². The molecule has 1 aliphatic rings. The van der Waals surface area contributed by atoms with E-state index in [1.807, 2.05) is 0 Å². The first-order valence-corrected chi connectivity index (χ1v) is 5.90. The van der Waals surface area contributed by atoms with Gasteiger partial charge in [0.15, 0.2) is 0 Å². The highest BCUT2D eigenvalue weighted by Gasteiger charge is 2.27. The van der Waals surface area contributed by atoms with Crippen molar-refractivity contribution in [2.75, 3.05) is 0 Å². The van der Waals surface area contributed by atoms with Crippen LogP contribution in [0.2, 0.25) is 0 Å². The fourth-order valence-electron chi connectivity index (χ4n) is 1.26. The fraction of sp³-hybridized carbons (Fsp3) is 1.00. The second-order valence-electron chi connectivity index (χ2n) is 2.53. The van der Waals surface area contributed by atoms with Gasteiger partial charge in [0.1, 0.15) is 0 Å². The van der Waals surface area contributed by atoms with Crippen LogP contribution in [-0.4, -0.2) is 13.7 Å². The minimum absolute atomic E-state index is 0.121. The molecule has 0 atom stereocenters. The highest BCUT2D eigenvalue weighted by atomic mass is 127. The Morgan fingerprint density at radius 2 is 1.80 bits per heavy atom. The van der Waals surface area contributed by atoms with Crippen LogP contribution in [0.5, 0.6) is 0 Å². The van der Waals surface area contributed by atoms with Crippen LogP contribution in [0, 0.1) is 0 Å². The lowest BCUT2D eigenvalue weighted by Gasteiger charge is -2.06. The van der Waals surface area contributed by atoms with Gasteiger partial charge in [0, 0.05) is 22.9 Å². The van der Waals surface area contributed by atoms with Crippen molar-refractivity contribution in [1.29, 1.82) is 0 Å². The van der Waals surface area contributed by atoms with Crippen LogP contribution in [0.25, 0.3) is 0 Å². The molecule has 0 saturated heterocycles. The molecule has 60 valence electrons. The summed E-state index contributed by atoms with van der Waals surface area (Å²) in [5, 5.41) is -0.121. The smallest absolute Gasteiger partial charge is 0.211 e. The van der Waals surface area contributed by atoms with Crippen molar-refractivity contribution in [3.8, 4) is 0 Å². The summed E-state index contributed by atoms with van der Waals surface area (Å²) < 4.78 is 24.5. The molecule has 10 heavy (non-hydrogen) atoms. The Morgan fingerprint density at radius 3 is 2.20 bits per heavy atom. The molecule has 0 heterocycles. The van der Waals surface area contributed by atoms with Crippen molar-refractivity contribution in [3.63, 3.8) is 0 Å². The zero-order valence-electron chi connectivity index (χ0n) is 5.51. The van der Waals surface area contributed by atoms with E-state index in [1.165, 1.54) is 0 Å². The van der Waals surface area contributed by atoms with Crippen molar-refractivity contribution in [2.45, 2.75) is 30.9 Å². The molecule has 0 amide bonds. The maximum atomic E-state index is 11.1. The molecule has 0 spiro atoms. The third kappa shape index (κ3) is 1.82. The Morgan fingerprint density at radius 1 is 1.30 bits per heavy atom. The molecule has 1 saturated carbocycles. The molecule has 0 bridgehead atoms. The first kappa shape index (κ1) is 8.73. The molecule has 5 heteroatoms. The molecule has 3 nitrogen and oxygen atoms in total. The normalized spacial score (nSPS) is 21.7. The Kier molecular flexibility index (Phi) is 2.93. The largest absolute Gasteiger partial charge is 0.222 e. The Hall–Kier alpha value is 0.640. The summed E-state index contributed by atoms with van der Waals surface area (Å²) in [6.45, 7) is 0. The summed E-state index contributed by atoms with van der Waals surface area (Å²) in [6, 6.07) is 0. The van der Waals surface area contributed by atoms with Crippen LogP contribution in [0.1, 0.15) is 25.7 Å². The average Bonchev–Trinajstić information content (AvgIpc) is 2.38.